The van der Waals surface area contributed by atoms with Gasteiger partial charge < -0.3 is 15.2 Å². The van der Waals surface area contributed by atoms with Crippen molar-refractivity contribution in [2.24, 2.45) is 0 Å². The van der Waals surface area contributed by atoms with Crippen molar-refractivity contribution in [3.63, 3.8) is 0 Å². The lowest BCUT2D eigenvalue weighted by molar-refractivity contribution is 0.122. The molecule has 1 aliphatic heterocycles. The minimum absolute atomic E-state index is 0.0355. The first kappa shape index (κ1) is 18.5. The van der Waals surface area contributed by atoms with Crippen LogP contribution in [0.2, 0.25) is 5.02 Å². The highest BCUT2D eigenvalue weighted by Gasteiger charge is 2.22. The van der Waals surface area contributed by atoms with Crippen LogP contribution in [0.1, 0.15) is 24.0 Å². The molecular formula is C20H23ClN2O3. The minimum Gasteiger partial charge on any atom is -0.508 e. The number of benzene rings is 2. The van der Waals surface area contributed by atoms with Crippen molar-refractivity contribution in [2.45, 2.75) is 32.0 Å². The second kappa shape index (κ2) is 8.92. The van der Waals surface area contributed by atoms with Crippen LogP contribution in [0.25, 0.3) is 0 Å². The summed E-state index contributed by atoms with van der Waals surface area (Å²) >= 11 is 6.01. The Morgan fingerprint density at radius 3 is 2.88 bits per heavy atom. The van der Waals surface area contributed by atoms with Crippen molar-refractivity contribution in [1.82, 2.24) is 10.2 Å². The summed E-state index contributed by atoms with van der Waals surface area (Å²) in [5.74, 6) is 0.242. The molecule has 6 heteroatoms. The molecule has 1 saturated heterocycles. The highest BCUT2D eigenvalue weighted by molar-refractivity contribution is 6.30. The molecular weight excluding hydrogens is 352 g/mol. The van der Waals surface area contributed by atoms with E-state index in [1.165, 1.54) is 0 Å². The zero-order valence-corrected chi connectivity index (χ0v) is 15.3. The summed E-state index contributed by atoms with van der Waals surface area (Å²) in [5.41, 5.74) is 1.76. The third-order valence-corrected chi connectivity index (χ3v) is 4.71. The van der Waals surface area contributed by atoms with E-state index in [4.69, 9.17) is 16.3 Å². The van der Waals surface area contributed by atoms with Gasteiger partial charge in [-0.3, -0.25) is 4.90 Å². The molecule has 2 aromatic rings. The van der Waals surface area contributed by atoms with E-state index in [2.05, 4.69) is 10.2 Å². The van der Waals surface area contributed by atoms with Gasteiger partial charge in [-0.25, -0.2) is 4.79 Å². The van der Waals surface area contributed by atoms with Crippen molar-refractivity contribution in [3.05, 3.63) is 64.7 Å². The van der Waals surface area contributed by atoms with Gasteiger partial charge in [0.2, 0.25) is 0 Å². The Morgan fingerprint density at radius 2 is 2.08 bits per heavy atom. The number of amides is 1. The van der Waals surface area contributed by atoms with Crippen LogP contribution in [0.5, 0.6) is 5.75 Å². The number of hydrogen-bond donors (Lipinski definition) is 2. The topological polar surface area (TPSA) is 61.8 Å². The number of phenolic OH excluding ortho intramolecular Hbond substituents is 1. The number of carbonyl (C=O) groups is 1. The maximum atomic E-state index is 12.0. The first-order valence-corrected chi connectivity index (χ1v) is 9.15. The van der Waals surface area contributed by atoms with Gasteiger partial charge in [0.15, 0.2) is 0 Å². The molecule has 1 heterocycles. The number of rotatable bonds is 5. The van der Waals surface area contributed by atoms with E-state index in [1.807, 2.05) is 30.3 Å². The second-order valence-electron chi connectivity index (χ2n) is 6.55. The summed E-state index contributed by atoms with van der Waals surface area (Å²) in [6.45, 7) is 2.50. The van der Waals surface area contributed by atoms with E-state index in [0.717, 1.165) is 30.5 Å². The molecule has 1 fully saturated rings. The summed E-state index contributed by atoms with van der Waals surface area (Å²) in [4.78, 5) is 14.2. The smallest absolute Gasteiger partial charge is 0.407 e. The first-order chi connectivity index (χ1) is 12.6. The molecule has 1 aliphatic rings. The Kier molecular flexibility index (Phi) is 6.36. The first-order valence-electron chi connectivity index (χ1n) is 8.77. The molecule has 0 saturated carbocycles. The Bertz CT molecular complexity index is 739. The average Bonchev–Trinajstić information content (AvgIpc) is 2.64. The third-order valence-electron chi connectivity index (χ3n) is 4.48. The molecule has 0 aliphatic carbocycles. The van der Waals surface area contributed by atoms with Crippen molar-refractivity contribution in [1.29, 1.82) is 0 Å². The molecule has 5 nitrogen and oxygen atoms in total. The highest BCUT2D eigenvalue weighted by Crippen LogP contribution is 2.24. The highest BCUT2D eigenvalue weighted by atomic mass is 35.5. The molecule has 1 amide bonds. The van der Waals surface area contributed by atoms with Gasteiger partial charge >= 0.3 is 6.09 Å². The predicted octanol–water partition coefficient (Wildman–Crippen LogP) is 3.94. The van der Waals surface area contributed by atoms with Crippen LogP contribution in [0.4, 0.5) is 4.79 Å². The van der Waals surface area contributed by atoms with E-state index in [0.29, 0.717) is 18.1 Å². The normalized spacial score (nSPS) is 17.7. The Morgan fingerprint density at radius 1 is 1.27 bits per heavy atom. The van der Waals surface area contributed by atoms with Gasteiger partial charge in [0.05, 0.1) is 0 Å². The lowest BCUT2D eigenvalue weighted by Crippen LogP contribution is -2.47. The summed E-state index contributed by atoms with van der Waals surface area (Å²) in [6, 6.07) is 14.7. The van der Waals surface area contributed by atoms with Crippen LogP contribution < -0.4 is 5.32 Å². The fourth-order valence-corrected chi connectivity index (χ4v) is 3.36. The van der Waals surface area contributed by atoms with E-state index < -0.39 is 6.09 Å². The number of alkyl carbamates (subject to hydrolysis) is 1. The molecule has 2 N–H and O–H groups in total. The van der Waals surface area contributed by atoms with Gasteiger partial charge in [-0.05, 0) is 43.1 Å². The summed E-state index contributed by atoms with van der Waals surface area (Å²) < 4.78 is 5.29. The zero-order chi connectivity index (χ0) is 18.4. The Labute approximate surface area is 158 Å². The monoisotopic (exact) mass is 374 g/mol. The number of carbonyl (C=O) groups excluding carboxylic acids is 1. The SMILES string of the molecule is O=C(NC1CCCN(Cc2cc(Cl)ccc2O)C1)OCc1ccccc1. The van der Waals surface area contributed by atoms with Crippen LogP contribution in [0, 0.1) is 0 Å². The molecule has 0 spiro atoms. The maximum absolute atomic E-state index is 12.0. The zero-order valence-electron chi connectivity index (χ0n) is 14.5. The number of ether oxygens (including phenoxy) is 1. The standard InChI is InChI=1S/C20H23ClN2O3/c21-17-8-9-19(24)16(11-17)12-23-10-4-7-18(13-23)22-20(25)26-14-15-5-2-1-3-6-15/h1-3,5-6,8-9,11,18,24H,4,7,10,12-14H2,(H,22,25). The number of likely N-dealkylation sites (tertiary alicyclic amines) is 1. The molecule has 0 bridgehead atoms. The number of piperidine rings is 1. The molecule has 138 valence electrons. The molecule has 0 aromatic heterocycles. The van der Waals surface area contributed by atoms with Crippen molar-refractivity contribution < 1.29 is 14.6 Å². The van der Waals surface area contributed by atoms with Gasteiger partial charge in [-0.15, -0.1) is 0 Å². The van der Waals surface area contributed by atoms with Crippen LogP contribution in [0.15, 0.2) is 48.5 Å². The maximum Gasteiger partial charge on any atom is 0.407 e. The molecule has 2 aromatic carbocycles. The quantitative estimate of drug-likeness (QED) is 0.832. The van der Waals surface area contributed by atoms with Gasteiger partial charge in [0.1, 0.15) is 12.4 Å². The van der Waals surface area contributed by atoms with Crippen molar-refractivity contribution in [3.8, 4) is 5.75 Å². The van der Waals surface area contributed by atoms with E-state index in [1.54, 1.807) is 18.2 Å². The number of phenols is 1. The van der Waals surface area contributed by atoms with Gasteiger partial charge in [0.25, 0.3) is 0 Å². The average molecular weight is 375 g/mol. The number of aromatic hydroxyl groups is 1. The Balaban J connectivity index is 1.48. The fraction of sp³-hybridized carbons (Fsp3) is 0.350. The number of halogens is 1. The lowest BCUT2D eigenvalue weighted by Gasteiger charge is -2.33. The summed E-state index contributed by atoms with van der Waals surface area (Å²) in [6.07, 6.45) is 1.50. The van der Waals surface area contributed by atoms with Crippen LogP contribution in [-0.2, 0) is 17.9 Å². The van der Waals surface area contributed by atoms with Crippen molar-refractivity contribution in [2.75, 3.05) is 13.1 Å². The lowest BCUT2D eigenvalue weighted by atomic mass is 10.0. The summed E-state index contributed by atoms with van der Waals surface area (Å²) in [7, 11) is 0. The van der Waals surface area contributed by atoms with Gasteiger partial charge in [-0.2, -0.15) is 0 Å². The van der Waals surface area contributed by atoms with E-state index in [-0.39, 0.29) is 18.4 Å². The van der Waals surface area contributed by atoms with Crippen LogP contribution >= 0.6 is 11.6 Å². The van der Waals surface area contributed by atoms with Crippen LogP contribution in [-0.4, -0.2) is 35.2 Å². The third kappa shape index (κ3) is 5.38. The molecule has 3 rings (SSSR count). The molecule has 0 radical (unpaired) electrons. The Hall–Kier alpha value is -2.24. The van der Waals surface area contributed by atoms with E-state index >= 15 is 0 Å². The minimum atomic E-state index is -0.397. The summed E-state index contributed by atoms with van der Waals surface area (Å²) in [5, 5.41) is 13.5. The van der Waals surface area contributed by atoms with Gasteiger partial charge in [-0.1, -0.05) is 41.9 Å². The molecule has 1 unspecified atom stereocenters. The fourth-order valence-electron chi connectivity index (χ4n) is 3.17. The van der Waals surface area contributed by atoms with Crippen LogP contribution in [0.3, 0.4) is 0 Å². The number of nitrogens with zero attached hydrogens (tertiary/aromatic N) is 1. The second-order valence-corrected chi connectivity index (χ2v) is 6.99. The van der Waals surface area contributed by atoms with Gasteiger partial charge in [0, 0.05) is 29.7 Å². The molecule has 1 atom stereocenters. The predicted molar refractivity (Wildman–Crippen MR) is 101 cm³/mol. The van der Waals surface area contributed by atoms with Crippen molar-refractivity contribution >= 4 is 17.7 Å². The number of hydrogen-bond acceptors (Lipinski definition) is 4. The largest absolute Gasteiger partial charge is 0.508 e. The van der Waals surface area contributed by atoms with E-state index in [9.17, 15) is 9.90 Å². The number of nitrogens with one attached hydrogen (secondary N) is 1. The molecule has 26 heavy (non-hydrogen) atoms.